The smallest absolute Gasteiger partial charge is 0.252 e. The van der Waals surface area contributed by atoms with Gasteiger partial charge in [0.15, 0.2) is 0 Å². The lowest BCUT2D eigenvalue weighted by Crippen LogP contribution is -2.59. The van der Waals surface area contributed by atoms with Gasteiger partial charge in [-0.25, -0.2) is 0 Å². The number of para-hydroxylation sites is 1. The molecule has 0 saturated heterocycles. The molecule has 0 bridgehead atoms. The minimum absolute atomic E-state index is 0.211. The van der Waals surface area contributed by atoms with Crippen LogP contribution in [0.3, 0.4) is 0 Å². The molecule has 5 rings (SSSR count). The number of rotatable bonds is 8. The van der Waals surface area contributed by atoms with Crippen molar-refractivity contribution in [2.45, 2.75) is 56.4 Å². The molecule has 1 atom stereocenters. The van der Waals surface area contributed by atoms with E-state index in [4.69, 9.17) is 11.6 Å². The standard InChI is InChI=1S/C31H33ClN4O2/c1-30(36-28(37)22-12-14-24(32)15-13-22,19-23-20-34-26-10-4-3-9-25(23)26)29(38)35-21-31(16-6-2-7-17-31)27-11-5-8-18-33-27/h3-5,8-15,18,20,34H,2,6-7,16-17,19,21H2,1H3,(H,35,38)(H,36,37). The van der Waals surface area contributed by atoms with E-state index in [2.05, 4.69) is 26.7 Å². The van der Waals surface area contributed by atoms with E-state index in [0.29, 0.717) is 23.6 Å². The fourth-order valence-corrected chi connectivity index (χ4v) is 5.76. The lowest BCUT2D eigenvalue weighted by molar-refractivity contribution is -0.127. The minimum atomic E-state index is -1.19. The van der Waals surface area contributed by atoms with Gasteiger partial charge in [-0.2, -0.15) is 0 Å². The number of fused-ring (bicyclic) bond motifs is 1. The molecule has 0 spiro atoms. The predicted molar refractivity (Wildman–Crippen MR) is 151 cm³/mol. The van der Waals surface area contributed by atoms with Crippen LogP contribution in [0.2, 0.25) is 5.02 Å². The third kappa shape index (κ3) is 5.46. The first-order valence-corrected chi connectivity index (χ1v) is 13.6. The van der Waals surface area contributed by atoms with E-state index in [0.717, 1.165) is 47.8 Å². The maximum Gasteiger partial charge on any atom is 0.252 e. The lowest BCUT2D eigenvalue weighted by atomic mass is 9.71. The molecule has 2 aromatic heterocycles. The van der Waals surface area contributed by atoms with Crippen LogP contribution in [0.4, 0.5) is 0 Å². The van der Waals surface area contributed by atoms with Gasteiger partial charge in [0.05, 0.1) is 0 Å². The molecule has 1 aliphatic carbocycles. The molecule has 1 aliphatic rings. The Hall–Kier alpha value is -3.64. The number of halogens is 1. The highest BCUT2D eigenvalue weighted by atomic mass is 35.5. The number of carbonyl (C=O) groups excluding carboxylic acids is 2. The average molecular weight is 529 g/mol. The third-order valence-corrected chi connectivity index (χ3v) is 8.07. The van der Waals surface area contributed by atoms with Crippen LogP contribution in [0.5, 0.6) is 0 Å². The van der Waals surface area contributed by atoms with Crippen molar-refractivity contribution in [1.82, 2.24) is 20.6 Å². The van der Waals surface area contributed by atoms with E-state index in [1.165, 1.54) is 6.42 Å². The summed E-state index contributed by atoms with van der Waals surface area (Å²) in [6.45, 7) is 2.27. The molecule has 196 valence electrons. The molecule has 38 heavy (non-hydrogen) atoms. The topological polar surface area (TPSA) is 86.9 Å². The van der Waals surface area contributed by atoms with Crippen molar-refractivity contribution >= 4 is 34.3 Å². The van der Waals surface area contributed by atoms with E-state index in [1.807, 2.05) is 48.8 Å². The van der Waals surface area contributed by atoms with Gasteiger partial charge in [-0.05, 0) is 67.8 Å². The minimum Gasteiger partial charge on any atom is -0.361 e. The number of hydrogen-bond acceptors (Lipinski definition) is 3. The lowest BCUT2D eigenvalue weighted by Gasteiger charge is -2.38. The van der Waals surface area contributed by atoms with Crippen molar-refractivity contribution in [2.24, 2.45) is 0 Å². The van der Waals surface area contributed by atoms with Crippen LogP contribution in [0.25, 0.3) is 10.9 Å². The molecular formula is C31H33ClN4O2. The number of benzene rings is 2. The van der Waals surface area contributed by atoms with Crippen LogP contribution in [-0.2, 0) is 16.6 Å². The molecule has 2 aromatic carbocycles. The van der Waals surface area contributed by atoms with Crippen molar-refractivity contribution in [3.63, 3.8) is 0 Å². The number of amides is 2. The summed E-state index contributed by atoms with van der Waals surface area (Å²) >= 11 is 6.02. The van der Waals surface area contributed by atoms with E-state index >= 15 is 0 Å². The summed E-state index contributed by atoms with van der Waals surface area (Å²) in [6.07, 6.45) is 9.42. The summed E-state index contributed by atoms with van der Waals surface area (Å²) in [6, 6.07) is 20.6. The molecule has 0 radical (unpaired) electrons. The van der Waals surface area contributed by atoms with Crippen LogP contribution < -0.4 is 10.6 Å². The van der Waals surface area contributed by atoms with Gasteiger partial charge in [0.25, 0.3) is 5.91 Å². The maximum atomic E-state index is 14.0. The van der Waals surface area contributed by atoms with E-state index in [9.17, 15) is 9.59 Å². The molecule has 1 unspecified atom stereocenters. The molecule has 1 fully saturated rings. The Balaban J connectivity index is 1.42. The van der Waals surface area contributed by atoms with Crippen molar-refractivity contribution in [2.75, 3.05) is 6.54 Å². The van der Waals surface area contributed by atoms with Crippen LogP contribution in [-0.4, -0.2) is 33.9 Å². The van der Waals surface area contributed by atoms with E-state index < -0.39 is 5.54 Å². The number of aromatic nitrogens is 2. The Morgan fingerprint density at radius 1 is 1.00 bits per heavy atom. The highest BCUT2D eigenvalue weighted by molar-refractivity contribution is 6.30. The average Bonchev–Trinajstić information content (AvgIpc) is 3.35. The maximum absolute atomic E-state index is 14.0. The quantitative estimate of drug-likeness (QED) is 0.263. The van der Waals surface area contributed by atoms with Gasteiger partial charge in [0.1, 0.15) is 5.54 Å². The third-order valence-electron chi connectivity index (χ3n) is 7.82. The zero-order valence-corrected chi connectivity index (χ0v) is 22.4. The van der Waals surface area contributed by atoms with Gasteiger partial charge in [-0.15, -0.1) is 0 Å². The molecule has 0 aliphatic heterocycles. The van der Waals surface area contributed by atoms with Gasteiger partial charge in [0, 0.05) is 58.0 Å². The number of nitrogens with zero attached hydrogens (tertiary/aromatic N) is 1. The first-order valence-electron chi connectivity index (χ1n) is 13.2. The van der Waals surface area contributed by atoms with Gasteiger partial charge < -0.3 is 15.6 Å². The highest BCUT2D eigenvalue weighted by Crippen LogP contribution is 2.38. The van der Waals surface area contributed by atoms with Crippen LogP contribution in [0.15, 0.2) is 79.1 Å². The normalized spacial score (nSPS) is 16.5. The van der Waals surface area contributed by atoms with Gasteiger partial charge in [-0.3, -0.25) is 14.6 Å². The Morgan fingerprint density at radius 2 is 1.74 bits per heavy atom. The molecule has 2 heterocycles. The van der Waals surface area contributed by atoms with Gasteiger partial charge in [0.2, 0.25) is 5.91 Å². The molecule has 3 N–H and O–H groups in total. The zero-order valence-electron chi connectivity index (χ0n) is 21.6. The monoisotopic (exact) mass is 528 g/mol. The first-order chi connectivity index (χ1) is 18.4. The number of nitrogens with one attached hydrogen (secondary N) is 3. The molecular weight excluding hydrogens is 496 g/mol. The van der Waals surface area contributed by atoms with E-state index in [1.54, 1.807) is 31.2 Å². The summed E-state index contributed by atoms with van der Waals surface area (Å²) in [7, 11) is 0. The molecule has 1 saturated carbocycles. The Kier molecular flexibility index (Phi) is 7.52. The van der Waals surface area contributed by atoms with Crippen molar-refractivity contribution in [3.05, 3.63) is 101 Å². The second-order valence-electron chi connectivity index (χ2n) is 10.6. The van der Waals surface area contributed by atoms with Crippen LogP contribution in [0, 0.1) is 0 Å². The van der Waals surface area contributed by atoms with Crippen molar-refractivity contribution < 1.29 is 9.59 Å². The second-order valence-corrected chi connectivity index (χ2v) is 11.0. The summed E-state index contributed by atoms with van der Waals surface area (Å²) in [4.78, 5) is 35.2. The fourth-order valence-electron chi connectivity index (χ4n) is 5.64. The first kappa shape index (κ1) is 26.0. The molecule has 2 amide bonds. The fraction of sp³-hybridized carbons (Fsp3) is 0.323. The Morgan fingerprint density at radius 3 is 2.47 bits per heavy atom. The molecule has 7 heteroatoms. The van der Waals surface area contributed by atoms with E-state index in [-0.39, 0.29) is 17.2 Å². The number of H-pyrrole nitrogens is 1. The predicted octanol–water partition coefficient (Wildman–Crippen LogP) is 5.97. The number of aromatic amines is 1. The Bertz CT molecular complexity index is 1410. The number of hydrogen-bond donors (Lipinski definition) is 3. The number of pyridine rings is 1. The number of carbonyl (C=O) groups is 2. The summed E-state index contributed by atoms with van der Waals surface area (Å²) in [5, 5.41) is 7.86. The largest absolute Gasteiger partial charge is 0.361 e. The summed E-state index contributed by atoms with van der Waals surface area (Å²) < 4.78 is 0. The van der Waals surface area contributed by atoms with Crippen molar-refractivity contribution in [3.8, 4) is 0 Å². The van der Waals surface area contributed by atoms with Gasteiger partial charge >= 0.3 is 0 Å². The van der Waals surface area contributed by atoms with Gasteiger partial charge in [-0.1, -0.05) is 55.1 Å². The zero-order chi connectivity index (χ0) is 26.6. The van der Waals surface area contributed by atoms with Crippen molar-refractivity contribution in [1.29, 1.82) is 0 Å². The summed E-state index contributed by atoms with van der Waals surface area (Å²) in [5.74, 6) is -0.540. The summed E-state index contributed by atoms with van der Waals surface area (Å²) in [5.41, 5.74) is 2.02. The Labute approximate surface area is 228 Å². The van der Waals surface area contributed by atoms with Crippen LogP contribution in [0.1, 0.15) is 60.6 Å². The highest BCUT2D eigenvalue weighted by Gasteiger charge is 2.40. The SMILES string of the molecule is CC(Cc1c[nH]c2ccccc12)(NC(=O)c1ccc(Cl)cc1)C(=O)NCC1(c2ccccn2)CCCCC1. The second kappa shape index (κ2) is 11.0. The molecule has 4 aromatic rings. The molecule has 6 nitrogen and oxygen atoms in total. The van der Waals surface area contributed by atoms with Crippen LogP contribution >= 0.6 is 11.6 Å².